The van der Waals surface area contributed by atoms with Gasteiger partial charge in [-0.1, -0.05) is 73.9 Å². The molecule has 0 amide bonds. The predicted octanol–water partition coefficient (Wildman–Crippen LogP) is 7.92. The Balaban J connectivity index is 2.76. The number of ether oxygens (including phenoxy) is 1. The van der Waals surface area contributed by atoms with Crippen molar-refractivity contribution >= 4 is 5.97 Å². The number of hydrogen-bond acceptors (Lipinski definition) is 4. The van der Waals surface area contributed by atoms with E-state index in [4.69, 9.17) is 4.74 Å². The Morgan fingerprint density at radius 1 is 0.972 bits per heavy atom. The Morgan fingerprint density at radius 3 is 1.78 bits per heavy atom. The van der Waals surface area contributed by atoms with Crippen LogP contribution in [0.1, 0.15) is 132 Å². The van der Waals surface area contributed by atoms with Crippen LogP contribution in [0.4, 0.5) is 0 Å². The number of aromatic hydroxyl groups is 1. The van der Waals surface area contributed by atoms with Gasteiger partial charge in [0.05, 0.1) is 0 Å². The highest BCUT2D eigenvalue weighted by molar-refractivity contribution is 5.69. The molecule has 0 aromatic heterocycles. The Morgan fingerprint density at radius 2 is 1.42 bits per heavy atom. The van der Waals surface area contributed by atoms with Crippen molar-refractivity contribution in [3.63, 3.8) is 0 Å². The van der Waals surface area contributed by atoms with E-state index in [0.717, 1.165) is 42.4 Å². The lowest BCUT2D eigenvalue weighted by Gasteiger charge is -2.57. The van der Waals surface area contributed by atoms with Crippen molar-refractivity contribution in [2.75, 3.05) is 7.05 Å². The Bertz CT molecular complexity index is 879. The molecule has 1 heterocycles. The summed E-state index contributed by atoms with van der Waals surface area (Å²) in [4.78, 5) is 15.4. The first kappa shape index (κ1) is 30.7. The third-order valence-corrected chi connectivity index (χ3v) is 8.62. The maximum atomic E-state index is 13.0. The maximum absolute atomic E-state index is 13.0. The monoisotopic (exact) mass is 501 g/mol. The van der Waals surface area contributed by atoms with Gasteiger partial charge in [0.2, 0.25) is 0 Å². The van der Waals surface area contributed by atoms with Gasteiger partial charge >= 0.3 is 5.97 Å². The predicted molar refractivity (Wildman–Crippen MR) is 152 cm³/mol. The van der Waals surface area contributed by atoms with Crippen molar-refractivity contribution in [1.29, 1.82) is 0 Å². The molecule has 0 radical (unpaired) electrons. The average Bonchev–Trinajstić information content (AvgIpc) is 2.71. The average molecular weight is 502 g/mol. The number of esters is 1. The van der Waals surface area contributed by atoms with Gasteiger partial charge in [0.25, 0.3) is 0 Å². The van der Waals surface area contributed by atoms with Gasteiger partial charge in [-0.05, 0) is 81.5 Å². The van der Waals surface area contributed by atoms with Crippen LogP contribution < -0.4 is 0 Å². The quantitative estimate of drug-likeness (QED) is 0.386. The normalized spacial score (nSPS) is 20.7. The van der Waals surface area contributed by atoms with E-state index in [1.807, 2.05) is 6.92 Å². The summed E-state index contributed by atoms with van der Waals surface area (Å²) in [5.74, 6) is 0.509. The SMILES string of the molecule is CCCC(Cc1cc(C(C)(C)C)c(O)c(C(C)(C)C)c1)(OC(=O)CC)C1CC(C)(C)N(C)C(C)(C)C1. The molecule has 1 aromatic rings. The van der Waals surface area contributed by atoms with Crippen LogP contribution in [0.3, 0.4) is 0 Å². The van der Waals surface area contributed by atoms with Crippen LogP contribution >= 0.6 is 0 Å². The van der Waals surface area contributed by atoms with Crippen molar-refractivity contribution in [1.82, 2.24) is 4.90 Å². The van der Waals surface area contributed by atoms with Crippen LogP contribution in [0, 0.1) is 5.92 Å². The van der Waals surface area contributed by atoms with Gasteiger partial charge in [-0.15, -0.1) is 0 Å². The van der Waals surface area contributed by atoms with Crippen LogP contribution in [-0.4, -0.2) is 39.7 Å². The van der Waals surface area contributed by atoms with Gasteiger partial charge in [-0.25, -0.2) is 0 Å². The summed E-state index contributed by atoms with van der Waals surface area (Å²) >= 11 is 0. The molecule has 0 saturated carbocycles. The minimum absolute atomic E-state index is 0.00781. The third kappa shape index (κ3) is 6.47. The van der Waals surface area contributed by atoms with Gasteiger partial charge in [0, 0.05) is 29.8 Å². The Hall–Kier alpha value is -1.55. The molecule has 1 aromatic carbocycles. The van der Waals surface area contributed by atoms with E-state index in [-0.39, 0.29) is 33.8 Å². The second-order valence-electron chi connectivity index (χ2n) is 14.6. The molecule has 0 spiro atoms. The molecule has 1 aliphatic rings. The second kappa shape index (κ2) is 10.3. The number of likely N-dealkylation sites (tertiary alicyclic amines) is 1. The summed E-state index contributed by atoms with van der Waals surface area (Å²) < 4.78 is 6.55. The number of benzene rings is 1. The van der Waals surface area contributed by atoms with E-state index in [1.54, 1.807) is 0 Å². The van der Waals surface area contributed by atoms with Crippen LogP contribution in [0.5, 0.6) is 5.75 Å². The second-order valence-corrected chi connectivity index (χ2v) is 14.6. The van der Waals surface area contributed by atoms with Crippen LogP contribution in [0.2, 0.25) is 0 Å². The fourth-order valence-corrected chi connectivity index (χ4v) is 6.36. The van der Waals surface area contributed by atoms with Gasteiger partial charge < -0.3 is 9.84 Å². The number of phenolic OH excluding ortho intramolecular Hbond substituents is 1. The van der Waals surface area contributed by atoms with Crippen molar-refractivity contribution in [2.45, 2.75) is 149 Å². The minimum Gasteiger partial charge on any atom is -0.507 e. The molecular weight excluding hydrogens is 446 g/mol. The highest BCUT2D eigenvalue weighted by Crippen LogP contribution is 2.49. The first-order chi connectivity index (χ1) is 16.2. The first-order valence-electron chi connectivity index (χ1n) is 14.0. The molecule has 4 heteroatoms. The smallest absolute Gasteiger partial charge is 0.306 e. The summed E-state index contributed by atoms with van der Waals surface area (Å²) in [6.45, 7) is 26.2. The van der Waals surface area contributed by atoms with E-state index in [0.29, 0.717) is 18.6 Å². The topological polar surface area (TPSA) is 49.8 Å². The Kier molecular flexibility index (Phi) is 8.78. The lowest BCUT2D eigenvalue weighted by molar-refractivity contribution is -0.178. The number of phenols is 1. The highest BCUT2D eigenvalue weighted by atomic mass is 16.6. The van der Waals surface area contributed by atoms with Crippen LogP contribution in [0.15, 0.2) is 12.1 Å². The molecule has 1 atom stereocenters. The number of nitrogens with zero attached hydrogens (tertiary/aromatic N) is 1. The molecule has 1 fully saturated rings. The van der Waals surface area contributed by atoms with Crippen LogP contribution in [0.25, 0.3) is 0 Å². The summed E-state index contributed by atoms with van der Waals surface area (Å²) in [7, 11) is 2.22. The van der Waals surface area contributed by atoms with E-state index in [1.165, 1.54) is 0 Å². The minimum atomic E-state index is -0.584. The molecule has 0 aliphatic carbocycles. The number of carbonyl (C=O) groups excluding carboxylic acids is 1. The summed E-state index contributed by atoms with van der Waals surface area (Å²) in [5, 5.41) is 11.3. The Labute approximate surface area is 222 Å². The van der Waals surface area contributed by atoms with Gasteiger partial charge in [0.15, 0.2) is 0 Å². The molecule has 1 aliphatic heterocycles. The number of hydrogen-bond donors (Lipinski definition) is 1. The van der Waals surface area contributed by atoms with E-state index in [2.05, 4.69) is 100 Å². The lowest BCUT2D eigenvalue weighted by atomic mass is 9.64. The van der Waals surface area contributed by atoms with E-state index < -0.39 is 5.60 Å². The molecule has 1 unspecified atom stereocenters. The van der Waals surface area contributed by atoms with E-state index in [9.17, 15) is 9.90 Å². The molecule has 4 nitrogen and oxygen atoms in total. The zero-order valence-corrected chi connectivity index (χ0v) is 25.7. The van der Waals surface area contributed by atoms with Gasteiger partial charge in [-0.3, -0.25) is 9.69 Å². The molecule has 1 N–H and O–H groups in total. The zero-order valence-electron chi connectivity index (χ0n) is 25.7. The highest BCUT2D eigenvalue weighted by Gasteiger charge is 2.52. The number of rotatable bonds is 7. The summed E-state index contributed by atoms with van der Waals surface area (Å²) in [6.07, 6.45) is 4.76. The lowest BCUT2D eigenvalue weighted by Crippen LogP contribution is -2.62. The molecular formula is C32H55NO3. The van der Waals surface area contributed by atoms with Crippen molar-refractivity contribution in [3.8, 4) is 5.75 Å². The zero-order chi connectivity index (χ0) is 27.9. The number of carbonyl (C=O) groups is 1. The van der Waals surface area contributed by atoms with Gasteiger partial charge in [0.1, 0.15) is 11.4 Å². The van der Waals surface area contributed by atoms with E-state index >= 15 is 0 Å². The molecule has 1 saturated heterocycles. The molecule has 0 bridgehead atoms. The number of piperidine rings is 1. The van der Waals surface area contributed by atoms with Crippen molar-refractivity contribution < 1.29 is 14.6 Å². The summed E-state index contributed by atoms with van der Waals surface area (Å²) in [5.41, 5.74) is 2.06. The standard InChI is InChI=1S/C32H55NO3/c1-14-16-32(36-26(34)15-2,23-20-30(9,10)33(13)31(11,12)21-23)19-22-17-24(28(3,4)5)27(35)25(18-22)29(6,7)8/h17-18,23,35H,14-16,19-21H2,1-13H3. The fraction of sp³-hybridized carbons (Fsp3) is 0.781. The molecule has 2 rings (SSSR count). The van der Waals surface area contributed by atoms with Crippen LogP contribution in [-0.2, 0) is 26.8 Å². The third-order valence-electron chi connectivity index (χ3n) is 8.62. The van der Waals surface area contributed by atoms with Crippen molar-refractivity contribution in [2.24, 2.45) is 5.92 Å². The summed E-state index contributed by atoms with van der Waals surface area (Å²) in [6, 6.07) is 4.33. The molecule has 206 valence electrons. The first-order valence-corrected chi connectivity index (χ1v) is 14.0. The molecule has 36 heavy (non-hydrogen) atoms. The largest absolute Gasteiger partial charge is 0.507 e. The maximum Gasteiger partial charge on any atom is 0.306 e. The van der Waals surface area contributed by atoms with Crippen molar-refractivity contribution in [3.05, 3.63) is 28.8 Å². The van der Waals surface area contributed by atoms with Gasteiger partial charge in [-0.2, -0.15) is 0 Å². The fourth-order valence-electron chi connectivity index (χ4n) is 6.36.